The maximum Gasteiger partial charge on any atom is 0.255 e. The van der Waals surface area contributed by atoms with E-state index >= 15 is 0 Å². The van der Waals surface area contributed by atoms with E-state index in [9.17, 15) is 18.8 Å². The molecule has 0 atom stereocenters. The van der Waals surface area contributed by atoms with Crippen LogP contribution in [0.3, 0.4) is 0 Å². The summed E-state index contributed by atoms with van der Waals surface area (Å²) in [4.78, 5) is 35.1. The van der Waals surface area contributed by atoms with Crippen LogP contribution in [0, 0.1) is 11.7 Å². The maximum absolute atomic E-state index is 13.6. The molecule has 0 heterocycles. The third kappa shape index (κ3) is 4.44. The third-order valence-electron chi connectivity index (χ3n) is 3.90. The van der Waals surface area contributed by atoms with Crippen LogP contribution >= 0.6 is 0 Å². The predicted molar refractivity (Wildman–Crippen MR) is 96.5 cm³/mol. The van der Waals surface area contributed by atoms with E-state index in [4.69, 9.17) is 0 Å². The molecule has 0 bridgehead atoms. The van der Waals surface area contributed by atoms with Gasteiger partial charge < -0.3 is 16.0 Å². The number of amides is 3. The van der Waals surface area contributed by atoms with Gasteiger partial charge in [0.1, 0.15) is 5.82 Å². The quantitative estimate of drug-likeness (QED) is 0.768. The van der Waals surface area contributed by atoms with Crippen LogP contribution in [0.2, 0.25) is 0 Å². The van der Waals surface area contributed by atoms with Crippen molar-refractivity contribution in [2.24, 2.45) is 5.92 Å². The first-order chi connectivity index (χ1) is 12.4. The molecule has 6 nitrogen and oxygen atoms in total. The summed E-state index contributed by atoms with van der Waals surface area (Å²) < 4.78 is 13.6. The number of rotatable bonds is 5. The highest BCUT2D eigenvalue weighted by molar-refractivity contribution is 6.05. The lowest BCUT2D eigenvalue weighted by molar-refractivity contribution is -0.117. The number of hydrogen-bond acceptors (Lipinski definition) is 3. The van der Waals surface area contributed by atoms with Crippen LogP contribution in [-0.2, 0) is 9.59 Å². The minimum absolute atomic E-state index is 0.000913. The van der Waals surface area contributed by atoms with E-state index in [0.717, 1.165) is 18.9 Å². The Balaban J connectivity index is 1.65. The predicted octanol–water partition coefficient (Wildman–Crippen LogP) is 3.38. The Labute approximate surface area is 149 Å². The van der Waals surface area contributed by atoms with Crippen LogP contribution in [0.1, 0.15) is 30.1 Å². The lowest BCUT2D eigenvalue weighted by Gasteiger charge is -2.10. The molecule has 0 unspecified atom stereocenters. The van der Waals surface area contributed by atoms with E-state index in [0.29, 0.717) is 16.9 Å². The van der Waals surface area contributed by atoms with Crippen molar-refractivity contribution < 1.29 is 18.8 Å². The minimum Gasteiger partial charge on any atom is -0.326 e. The second-order valence-electron chi connectivity index (χ2n) is 6.17. The number of carbonyl (C=O) groups is 3. The van der Waals surface area contributed by atoms with Gasteiger partial charge in [-0.2, -0.15) is 0 Å². The zero-order valence-corrected chi connectivity index (χ0v) is 14.1. The molecule has 7 heteroatoms. The SMILES string of the molecule is CC(=O)Nc1cc(NC(=O)c2ccc(NC(=O)C3CC3)cc2)ccc1F. The van der Waals surface area contributed by atoms with Crippen LogP contribution in [0.25, 0.3) is 0 Å². The zero-order chi connectivity index (χ0) is 18.7. The number of hydrogen-bond donors (Lipinski definition) is 3. The Morgan fingerprint density at radius 1 is 0.923 bits per heavy atom. The van der Waals surface area contributed by atoms with Crippen molar-refractivity contribution in [2.75, 3.05) is 16.0 Å². The van der Waals surface area contributed by atoms with Gasteiger partial charge in [-0.1, -0.05) is 0 Å². The van der Waals surface area contributed by atoms with E-state index in [2.05, 4.69) is 16.0 Å². The van der Waals surface area contributed by atoms with Crippen LogP contribution < -0.4 is 16.0 Å². The molecule has 3 amide bonds. The molecule has 0 saturated heterocycles. The molecule has 1 aliphatic carbocycles. The van der Waals surface area contributed by atoms with E-state index in [1.165, 1.54) is 19.1 Å². The Morgan fingerprint density at radius 3 is 2.19 bits per heavy atom. The summed E-state index contributed by atoms with van der Waals surface area (Å²) in [6.07, 6.45) is 1.84. The van der Waals surface area contributed by atoms with Crippen molar-refractivity contribution in [1.29, 1.82) is 0 Å². The van der Waals surface area contributed by atoms with E-state index < -0.39 is 11.7 Å². The van der Waals surface area contributed by atoms with Crippen molar-refractivity contribution >= 4 is 34.8 Å². The molecule has 0 aromatic heterocycles. The molecule has 2 aromatic carbocycles. The van der Waals surface area contributed by atoms with Gasteiger partial charge in [0.2, 0.25) is 11.8 Å². The molecule has 1 saturated carbocycles. The summed E-state index contributed by atoms with van der Waals surface area (Å²) in [5.74, 6) is -1.27. The fourth-order valence-corrected chi connectivity index (χ4v) is 2.39. The summed E-state index contributed by atoms with van der Waals surface area (Å²) in [7, 11) is 0. The van der Waals surface area contributed by atoms with Crippen molar-refractivity contribution in [2.45, 2.75) is 19.8 Å². The van der Waals surface area contributed by atoms with Crippen molar-refractivity contribution in [3.05, 3.63) is 53.8 Å². The van der Waals surface area contributed by atoms with Gasteiger partial charge in [-0.15, -0.1) is 0 Å². The van der Waals surface area contributed by atoms with Gasteiger partial charge in [0.05, 0.1) is 5.69 Å². The third-order valence-corrected chi connectivity index (χ3v) is 3.90. The normalized spacial score (nSPS) is 13.0. The largest absolute Gasteiger partial charge is 0.326 e. The van der Waals surface area contributed by atoms with Gasteiger partial charge in [-0.3, -0.25) is 14.4 Å². The smallest absolute Gasteiger partial charge is 0.255 e. The second-order valence-corrected chi connectivity index (χ2v) is 6.17. The summed E-state index contributed by atoms with van der Waals surface area (Å²) in [5.41, 5.74) is 1.37. The van der Waals surface area contributed by atoms with Gasteiger partial charge in [0.25, 0.3) is 5.91 Å². The second kappa shape index (κ2) is 7.35. The van der Waals surface area contributed by atoms with Crippen molar-refractivity contribution in [3.63, 3.8) is 0 Å². The summed E-state index contributed by atoms with van der Waals surface area (Å²) in [6, 6.07) is 10.4. The minimum atomic E-state index is -0.589. The standard InChI is InChI=1S/C19H18FN3O3/c1-11(24)21-17-10-15(8-9-16(17)20)23-19(26)13-4-6-14(7-5-13)22-18(25)12-2-3-12/h4-10,12H,2-3H2,1H3,(H,21,24)(H,22,25)(H,23,26). The monoisotopic (exact) mass is 355 g/mol. The number of anilines is 3. The summed E-state index contributed by atoms with van der Waals surface area (Å²) in [6.45, 7) is 1.27. The first kappa shape index (κ1) is 17.6. The molecule has 1 fully saturated rings. The molecular formula is C19H18FN3O3. The Kier molecular flexibility index (Phi) is 4.97. The van der Waals surface area contributed by atoms with Crippen LogP contribution in [-0.4, -0.2) is 17.7 Å². The van der Waals surface area contributed by atoms with Crippen LogP contribution in [0.5, 0.6) is 0 Å². The first-order valence-corrected chi connectivity index (χ1v) is 8.22. The number of carbonyl (C=O) groups excluding carboxylic acids is 3. The van der Waals surface area contributed by atoms with E-state index in [1.807, 2.05) is 0 Å². The lowest BCUT2D eigenvalue weighted by Crippen LogP contribution is -2.15. The van der Waals surface area contributed by atoms with E-state index in [-0.39, 0.29) is 23.4 Å². The Bertz CT molecular complexity index is 861. The highest BCUT2D eigenvalue weighted by Crippen LogP contribution is 2.30. The molecule has 0 spiro atoms. The van der Waals surface area contributed by atoms with Crippen LogP contribution in [0.15, 0.2) is 42.5 Å². The van der Waals surface area contributed by atoms with Gasteiger partial charge >= 0.3 is 0 Å². The lowest BCUT2D eigenvalue weighted by atomic mass is 10.1. The first-order valence-electron chi connectivity index (χ1n) is 8.22. The Morgan fingerprint density at radius 2 is 1.58 bits per heavy atom. The fourth-order valence-electron chi connectivity index (χ4n) is 2.39. The van der Waals surface area contributed by atoms with Crippen LogP contribution in [0.4, 0.5) is 21.5 Å². The molecular weight excluding hydrogens is 337 g/mol. The number of nitrogens with one attached hydrogen (secondary N) is 3. The molecule has 134 valence electrons. The molecule has 1 aliphatic rings. The summed E-state index contributed by atoms with van der Waals surface area (Å²) in [5, 5.41) is 7.80. The number of halogens is 1. The topological polar surface area (TPSA) is 87.3 Å². The van der Waals surface area contributed by atoms with Crippen molar-refractivity contribution in [3.8, 4) is 0 Å². The molecule has 26 heavy (non-hydrogen) atoms. The van der Waals surface area contributed by atoms with Gasteiger partial charge in [-0.05, 0) is 55.3 Å². The summed E-state index contributed by atoms with van der Waals surface area (Å²) >= 11 is 0. The molecule has 0 aliphatic heterocycles. The Hall–Kier alpha value is -3.22. The molecule has 3 rings (SSSR count). The van der Waals surface area contributed by atoms with Gasteiger partial charge in [0, 0.05) is 29.8 Å². The average molecular weight is 355 g/mol. The zero-order valence-electron chi connectivity index (χ0n) is 14.1. The van der Waals surface area contributed by atoms with Crippen molar-refractivity contribution in [1.82, 2.24) is 0 Å². The van der Waals surface area contributed by atoms with Gasteiger partial charge in [-0.25, -0.2) is 4.39 Å². The molecule has 3 N–H and O–H groups in total. The number of benzene rings is 2. The molecule has 2 aromatic rings. The molecule has 0 radical (unpaired) electrons. The highest BCUT2D eigenvalue weighted by atomic mass is 19.1. The fraction of sp³-hybridized carbons (Fsp3) is 0.211. The van der Waals surface area contributed by atoms with E-state index in [1.54, 1.807) is 24.3 Å². The highest BCUT2D eigenvalue weighted by Gasteiger charge is 2.29. The van der Waals surface area contributed by atoms with Gasteiger partial charge in [0.15, 0.2) is 0 Å². The average Bonchev–Trinajstić information content (AvgIpc) is 3.43. The maximum atomic E-state index is 13.6.